The van der Waals surface area contributed by atoms with Gasteiger partial charge in [0.15, 0.2) is 5.82 Å². The second kappa shape index (κ2) is 6.74. The first kappa shape index (κ1) is 12.6. The van der Waals surface area contributed by atoms with E-state index in [2.05, 4.69) is 10.1 Å². The number of nitrogens with zero attached hydrogens (tertiary/aromatic N) is 2. The van der Waals surface area contributed by atoms with Crippen LogP contribution in [0.25, 0.3) is 0 Å². The molecule has 1 aromatic rings. The molecule has 1 fully saturated rings. The minimum Gasteiger partial charge on any atom is -0.339 e. The SMILES string of the molecule is NCCCCc1nc(CC2CCCCC2)no1. The van der Waals surface area contributed by atoms with Crippen molar-refractivity contribution in [3.63, 3.8) is 0 Å². The van der Waals surface area contributed by atoms with Crippen molar-refractivity contribution in [2.24, 2.45) is 11.7 Å². The number of unbranched alkanes of at least 4 members (excludes halogenated alkanes) is 1. The maximum absolute atomic E-state index is 5.45. The third-order valence-electron chi connectivity index (χ3n) is 3.55. The summed E-state index contributed by atoms with van der Waals surface area (Å²) in [7, 11) is 0. The fraction of sp³-hybridized carbons (Fsp3) is 0.846. The van der Waals surface area contributed by atoms with Crippen LogP contribution in [0.4, 0.5) is 0 Å². The summed E-state index contributed by atoms with van der Waals surface area (Å²) in [5.41, 5.74) is 5.45. The van der Waals surface area contributed by atoms with E-state index >= 15 is 0 Å². The van der Waals surface area contributed by atoms with Gasteiger partial charge in [-0.05, 0) is 25.3 Å². The molecule has 0 unspecified atom stereocenters. The molecule has 1 aliphatic carbocycles. The largest absolute Gasteiger partial charge is 0.339 e. The van der Waals surface area contributed by atoms with Crippen LogP contribution in [0.15, 0.2) is 4.52 Å². The van der Waals surface area contributed by atoms with Crippen LogP contribution in [0.3, 0.4) is 0 Å². The fourth-order valence-corrected chi connectivity index (χ4v) is 2.54. The van der Waals surface area contributed by atoms with Crippen molar-refractivity contribution in [2.75, 3.05) is 6.54 Å². The van der Waals surface area contributed by atoms with E-state index in [0.29, 0.717) is 0 Å². The van der Waals surface area contributed by atoms with Gasteiger partial charge in [0.05, 0.1) is 0 Å². The molecule has 0 spiro atoms. The lowest BCUT2D eigenvalue weighted by Crippen LogP contribution is -2.10. The first-order valence-electron chi connectivity index (χ1n) is 6.90. The van der Waals surface area contributed by atoms with Crippen molar-refractivity contribution in [1.82, 2.24) is 10.1 Å². The van der Waals surface area contributed by atoms with E-state index in [4.69, 9.17) is 10.3 Å². The Morgan fingerprint density at radius 3 is 2.76 bits per heavy atom. The number of hydrogen-bond donors (Lipinski definition) is 1. The van der Waals surface area contributed by atoms with E-state index in [1.807, 2.05) is 0 Å². The summed E-state index contributed by atoms with van der Waals surface area (Å²) in [5.74, 6) is 2.46. The second-order valence-corrected chi connectivity index (χ2v) is 5.06. The molecule has 0 aliphatic heterocycles. The average molecular weight is 237 g/mol. The molecule has 1 aliphatic rings. The van der Waals surface area contributed by atoms with Gasteiger partial charge in [-0.2, -0.15) is 4.98 Å². The molecule has 96 valence electrons. The molecule has 0 radical (unpaired) electrons. The maximum Gasteiger partial charge on any atom is 0.226 e. The van der Waals surface area contributed by atoms with Crippen LogP contribution in [0.1, 0.15) is 56.7 Å². The molecule has 4 heteroatoms. The summed E-state index contributed by atoms with van der Waals surface area (Å²) in [6.45, 7) is 0.739. The molecule has 0 bridgehead atoms. The molecular weight excluding hydrogens is 214 g/mol. The zero-order valence-corrected chi connectivity index (χ0v) is 10.5. The molecule has 0 amide bonds. The molecule has 17 heavy (non-hydrogen) atoms. The number of rotatable bonds is 6. The normalized spacial score (nSPS) is 17.5. The standard InChI is InChI=1S/C13H23N3O/c14-9-5-4-8-13-15-12(16-17-13)10-11-6-2-1-3-7-11/h11H,1-10,14H2. The van der Waals surface area contributed by atoms with Gasteiger partial charge >= 0.3 is 0 Å². The highest BCUT2D eigenvalue weighted by Crippen LogP contribution is 2.26. The average Bonchev–Trinajstić information content (AvgIpc) is 2.79. The predicted octanol–water partition coefficient (Wildman–Crippen LogP) is 2.47. The lowest BCUT2D eigenvalue weighted by Gasteiger charge is -2.19. The first-order chi connectivity index (χ1) is 8.38. The predicted molar refractivity (Wildman–Crippen MR) is 66.6 cm³/mol. The minimum absolute atomic E-state index is 0.739. The quantitative estimate of drug-likeness (QED) is 0.772. The summed E-state index contributed by atoms with van der Waals surface area (Å²) in [4.78, 5) is 4.46. The van der Waals surface area contributed by atoms with Gasteiger partial charge in [0.25, 0.3) is 0 Å². The topological polar surface area (TPSA) is 64.9 Å². The maximum atomic E-state index is 5.45. The molecule has 0 atom stereocenters. The van der Waals surface area contributed by atoms with Crippen molar-refractivity contribution in [3.8, 4) is 0 Å². The van der Waals surface area contributed by atoms with Crippen LogP contribution in [0.2, 0.25) is 0 Å². The van der Waals surface area contributed by atoms with E-state index in [9.17, 15) is 0 Å². The summed E-state index contributed by atoms with van der Waals surface area (Å²) in [6, 6.07) is 0. The Morgan fingerprint density at radius 2 is 2.00 bits per heavy atom. The van der Waals surface area contributed by atoms with Crippen LogP contribution in [0, 0.1) is 5.92 Å². The van der Waals surface area contributed by atoms with Crippen molar-refractivity contribution in [2.45, 2.75) is 57.8 Å². The number of nitrogens with two attached hydrogens (primary N) is 1. The Balaban J connectivity index is 1.76. The van der Waals surface area contributed by atoms with E-state index < -0.39 is 0 Å². The molecule has 2 rings (SSSR count). The van der Waals surface area contributed by atoms with E-state index in [0.717, 1.165) is 49.9 Å². The van der Waals surface area contributed by atoms with Gasteiger partial charge < -0.3 is 10.3 Å². The highest BCUT2D eigenvalue weighted by Gasteiger charge is 2.16. The Hall–Kier alpha value is -0.900. The van der Waals surface area contributed by atoms with Gasteiger partial charge in [0.2, 0.25) is 5.89 Å². The highest BCUT2D eigenvalue weighted by atomic mass is 16.5. The summed E-state index contributed by atoms with van der Waals surface area (Å²) in [5, 5.41) is 4.07. The second-order valence-electron chi connectivity index (χ2n) is 5.06. The lowest BCUT2D eigenvalue weighted by atomic mass is 9.87. The molecule has 1 saturated carbocycles. The van der Waals surface area contributed by atoms with Crippen LogP contribution in [0.5, 0.6) is 0 Å². The molecule has 2 N–H and O–H groups in total. The summed E-state index contributed by atoms with van der Waals surface area (Å²) in [6.07, 6.45) is 10.7. The molecular formula is C13H23N3O. The zero-order valence-electron chi connectivity index (χ0n) is 10.5. The van der Waals surface area contributed by atoms with Crippen molar-refractivity contribution in [3.05, 3.63) is 11.7 Å². The van der Waals surface area contributed by atoms with Crippen LogP contribution in [-0.2, 0) is 12.8 Å². The molecule has 1 aromatic heterocycles. The Morgan fingerprint density at radius 1 is 1.18 bits per heavy atom. The fourth-order valence-electron chi connectivity index (χ4n) is 2.54. The van der Waals surface area contributed by atoms with Gasteiger partial charge in [0, 0.05) is 12.8 Å². The highest BCUT2D eigenvalue weighted by molar-refractivity contribution is 4.89. The van der Waals surface area contributed by atoms with Gasteiger partial charge in [-0.25, -0.2) is 0 Å². The van der Waals surface area contributed by atoms with Gasteiger partial charge in [-0.3, -0.25) is 0 Å². The number of aryl methyl sites for hydroxylation is 1. The first-order valence-corrected chi connectivity index (χ1v) is 6.90. The van der Waals surface area contributed by atoms with Crippen LogP contribution < -0.4 is 5.73 Å². The summed E-state index contributed by atoms with van der Waals surface area (Å²) >= 11 is 0. The Kier molecular flexibility index (Phi) is 4.98. The van der Waals surface area contributed by atoms with Gasteiger partial charge in [-0.1, -0.05) is 37.3 Å². The van der Waals surface area contributed by atoms with Crippen LogP contribution >= 0.6 is 0 Å². The van der Waals surface area contributed by atoms with Crippen molar-refractivity contribution >= 4 is 0 Å². The molecule has 1 heterocycles. The third-order valence-corrected chi connectivity index (χ3v) is 3.55. The summed E-state index contributed by atoms with van der Waals surface area (Å²) < 4.78 is 5.25. The van der Waals surface area contributed by atoms with E-state index in [1.54, 1.807) is 0 Å². The smallest absolute Gasteiger partial charge is 0.226 e. The minimum atomic E-state index is 0.739. The van der Waals surface area contributed by atoms with Crippen LogP contribution in [-0.4, -0.2) is 16.7 Å². The third kappa shape index (κ3) is 4.11. The zero-order chi connectivity index (χ0) is 11.9. The Bertz CT molecular complexity index is 318. The number of aromatic nitrogens is 2. The van der Waals surface area contributed by atoms with E-state index in [-0.39, 0.29) is 0 Å². The Labute approximate surface area is 103 Å². The molecule has 0 saturated heterocycles. The molecule has 4 nitrogen and oxygen atoms in total. The van der Waals surface area contributed by atoms with Gasteiger partial charge in [0.1, 0.15) is 0 Å². The number of hydrogen-bond acceptors (Lipinski definition) is 4. The van der Waals surface area contributed by atoms with Gasteiger partial charge in [-0.15, -0.1) is 0 Å². The molecule has 0 aromatic carbocycles. The lowest BCUT2D eigenvalue weighted by molar-refractivity contribution is 0.337. The van der Waals surface area contributed by atoms with E-state index in [1.165, 1.54) is 32.1 Å². The van der Waals surface area contributed by atoms with Crippen molar-refractivity contribution in [1.29, 1.82) is 0 Å². The van der Waals surface area contributed by atoms with Crippen molar-refractivity contribution < 1.29 is 4.52 Å². The monoisotopic (exact) mass is 237 g/mol.